The zero-order chi connectivity index (χ0) is 13.6. The third-order valence-corrected chi connectivity index (χ3v) is 2.85. The van der Waals surface area contributed by atoms with Crippen molar-refractivity contribution in [2.24, 2.45) is 0 Å². The molecular weight excluding hydrogens is 230 g/mol. The summed E-state index contributed by atoms with van der Waals surface area (Å²) >= 11 is 0. The van der Waals surface area contributed by atoms with Crippen LogP contribution in [0.2, 0.25) is 0 Å². The number of rotatable bonds is 5. The minimum absolute atomic E-state index is 0.330. The van der Waals surface area contributed by atoms with Crippen molar-refractivity contribution in [3.8, 4) is 0 Å². The predicted molar refractivity (Wildman–Crippen MR) is 72.8 cm³/mol. The molecule has 18 heavy (non-hydrogen) atoms. The number of nitrogens with zero attached hydrogens (tertiary/aromatic N) is 1. The average molecular weight is 257 g/mol. The fraction of sp³-hybridized carbons (Fsp3) is 0.923. The number of alkyl carbamates (subject to hydrolysis) is 1. The molecule has 1 heterocycles. The number of amides is 1. The van der Waals surface area contributed by atoms with E-state index in [0.29, 0.717) is 12.6 Å². The van der Waals surface area contributed by atoms with E-state index in [1.54, 1.807) is 0 Å². The highest BCUT2D eigenvalue weighted by Gasteiger charge is 2.18. The Hall–Kier alpha value is -0.810. The zero-order valence-electron chi connectivity index (χ0n) is 12.1. The smallest absolute Gasteiger partial charge is 0.407 e. The first-order valence-electron chi connectivity index (χ1n) is 6.75. The van der Waals surface area contributed by atoms with Crippen molar-refractivity contribution in [2.45, 2.75) is 45.3 Å². The summed E-state index contributed by atoms with van der Waals surface area (Å²) in [5.41, 5.74) is -0.420. The summed E-state index contributed by atoms with van der Waals surface area (Å²) in [4.78, 5) is 13.7. The lowest BCUT2D eigenvalue weighted by Crippen LogP contribution is -2.36. The second kappa shape index (κ2) is 6.95. The number of hydrogen-bond acceptors (Lipinski definition) is 4. The van der Waals surface area contributed by atoms with Crippen LogP contribution in [0.25, 0.3) is 0 Å². The van der Waals surface area contributed by atoms with Crippen molar-refractivity contribution >= 4 is 6.09 Å². The molecule has 5 heteroatoms. The molecule has 1 fully saturated rings. The molecule has 0 spiro atoms. The van der Waals surface area contributed by atoms with Crippen LogP contribution in [0, 0.1) is 0 Å². The van der Waals surface area contributed by atoms with Gasteiger partial charge in [0.1, 0.15) is 5.60 Å². The molecule has 0 aromatic rings. The second-order valence-corrected chi connectivity index (χ2v) is 5.98. The van der Waals surface area contributed by atoms with E-state index in [4.69, 9.17) is 4.74 Å². The van der Waals surface area contributed by atoms with Gasteiger partial charge in [0.15, 0.2) is 0 Å². The topological polar surface area (TPSA) is 53.6 Å². The number of nitrogens with one attached hydrogen (secondary N) is 2. The molecular formula is C13H27N3O2. The van der Waals surface area contributed by atoms with Gasteiger partial charge in [-0.15, -0.1) is 0 Å². The Balaban J connectivity index is 1.97. The van der Waals surface area contributed by atoms with E-state index < -0.39 is 5.60 Å². The quantitative estimate of drug-likeness (QED) is 0.727. The summed E-state index contributed by atoms with van der Waals surface area (Å²) in [6.45, 7) is 9.49. The maximum atomic E-state index is 11.4. The Labute approximate surface area is 110 Å². The molecule has 0 bridgehead atoms. The molecule has 1 amide bonds. The molecule has 1 rings (SSSR count). The normalized spacial score (nSPS) is 21.0. The van der Waals surface area contributed by atoms with E-state index in [2.05, 4.69) is 22.6 Å². The van der Waals surface area contributed by atoms with Gasteiger partial charge in [0, 0.05) is 19.1 Å². The zero-order valence-corrected chi connectivity index (χ0v) is 12.1. The summed E-state index contributed by atoms with van der Waals surface area (Å²) in [7, 11) is 2.14. The van der Waals surface area contributed by atoms with E-state index in [0.717, 1.165) is 19.5 Å². The summed E-state index contributed by atoms with van der Waals surface area (Å²) in [5, 5.41) is 6.26. The van der Waals surface area contributed by atoms with Crippen molar-refractivity contribution in [3.63, 3.8) is 0 Å². The van der Waals surface area contributed by atoms with Crippen LogP contribution in [0.3, 0.4) is 0 Å². The highest BCUT2D eigenvalue weighted by molar-refractivity contribution is 5.67. The maximum Gasteiger partial charge on any atom is 0.407 e. The first kappa shape index (κ1) is 15.2. The van der Waals surface area contributed by atoms with Crippen molar-refractivity contribution < 1.29 is 9.53 Å². The minimum Gasteiger partial charge on any atom is -0.444 e. The first-order valence-corrected chi connectivity index (χ1v) is 6.75. The average Bonchev–Trinajstić information content (AvgIpc) is 2.61. The van der Waals surface area contributed by atoms with Crippen LogP contribution < -0.4 is 10.6 Å². The van der Waals surface area contributed by atoms with Gasteiger partial charge in [-0.1, -0.05) is 0 Å². The Morgan fingerprint density at radius 2 is 2.11 bits per heavy atom. The van der Waals surface area contributed by atoms with Crippen LogP contribution in [0.15, 0.2) is 0 Å². The van der Waals surface area contributed by atoms with Gasteiger partial charge >= 0.3 is 6.09 Å². The minimum atomic E-state index is -0.420. The molecule has 1 aliphatic rings. The fourth-order valence-electron chi connectivity index (χ4n) is 2.00. The van der Waals surface area contributed by atoms with E-state index in [1.165, 1.54) is 13.0 Å². The monoisotopic (exact) mass is 257 g/mol. The SMILES string of the molecule is CN1CCC(NCCCNC(=O)OC(C)(C)C)C1. The van der Waals surface area contributed by atoms with Crippen LogP contribution in [0.4, 0.5) is 4.79 Å². The summed E-state index contributed by atoms with van der Waals surface area (Å²) in [5.74, 6) is 0. The molecule has 1 saturated heterocycles. The molecule has 1 unspecified atom stereocenters. The van der Waals surface area contributed by atoms with E-state index >= 15 is 0 Å². The van der Waals surface area contributed by atoms with Gasteiger partial charge < -0.3 is 20.3 Å². The highest BCUT2D eigenvalue weighted by Crippen LogP contribution is 2.06. The van der Waals surface area contributed by atoms with Crippen LogP contribution in [-0.2, 0) is 4.74 Å². The van der Waals surface area contributed by atoms with Gasteiger partial charge in [-0.05, 0) is 53.8 Å². The van der Waals surface area contributed by atoms with Gasteiger partial charge in [-0.3, -0.25) is 0 Å². The standard InChI is InChI=1S/C13H27N3O2/c1-13(2,3)18-12(17)15-8-5-7-14-11-6-9-16(4)10-11/h11,14H,5-10H2,1-4H3,(H,15,17). The van der Waals surface area contributed by atoms with E-state index in [-0.39, 0.29) is 6.09 Å². The number of likely N-dealkylation sites (tertiary alicyclic amines) is 1. The van der Waals surface area contributed by atoms with Crippen molar-refractivity contribution in [3.05, 3.63) is 0 Å². The molecule has 2 N–H and O–H groups in total. The lowest BCUT2D eigenvalue weighted by atomic mass is 10.2. The molecule has 5 nitrogen and oxygen atoms in total. The van der Waals surface area contributed by atoms with Gasteiger partial charge in [-0.25, -0.2) is 4.79 Å². The lowest BCUT2D eigenvalue weighted by Gasteiger charge is -2.19. The Morgan fingerprint density at radius 3 is 2.67 bits per heavy atom. The number of ether oxygens (including phenoxy) is 1. The molecule has 0 radical (unpaired) electrons. The first-order chi connectivity index (χ1) is 8.37. The van der Waals surface area contributed by atoms with Gasteiger partial charge in [0.25, 0.3) is 0 Å². The van der Waals surface area contributed by atoms with Crippen molar-refractivity contribution in [1.82, 2.24) is 15.5 Å². The van der Waals surface area contributed by atoms with Crippen molar-refractivity contribution in [1.29, 1.82) is 0 Å². The maximum absolute atomic E-state index is 11.4. The molecule has 0 saturated carbocycles. The van der Waals surface area contributed by atoms with Crippen LogP contribution >= 0.6 is 0 Å². The highest BCUT2D eigenvalue weighted by atomic mass is 16.6. The molecule has 1 atom stereocenters. The third kappa shape index (κ3) is 6.81. The molecule has 106 valence electrons. The predicted octanol–water partition coefficient (Wildman–Crippen LogP) is 1.19. The van der Waals surface area contributed by atoms with Gasteiger partial charge in [0.05, 0.1) is 0 Å². The number of carbonyl (C=O) groups is 1. The third-order valence-electron chi connectivity index (χ3n) is 2.85. The largest absolute Gasteiger partial charge is 0.444 e. The van der Waals surface area contributed by atoms with Crippen LogP contribution in [0.5, 0.6) is 0 Å². The summed E-state index contributed by atoms with van der Waals surface area (Å²) in [6, 6.07) is 0.608. The molecule has 0 aromatic carbocycles. The van der Waals surface area contributed by atoms with Crippen molar-refractivity contribution in [2.75, 3.05) is 33.2 Å². The van der Waals surface area contributed by atoms with E-state index in [9.17, 15) is 4.79 Å². The fourth-order valence-corrected chi connectivity index (χ4v) is 2.00. The van der Waals surface area contributed by atoms with Crippen LogP contribution in [-0.4, -0.2) is 55.9 Å². The lowest BCUT2D eigenvalue weighted by molar-refractivity contribution is 0.0527. The number of carbonyl (C=O) groups excluding carboxylic acids is 1. The Bertz CT molecular complexity index is 263. The molecule has 1 aliphatic heterocycles. The number of hydrogen-bond donors (Lipinski definition) is 2. The van der Waals surface area contributed by atoms with Gasteiger partial charge in [0.2, 0.25) is 0 Å². The summed E-state index contributed by atoms with van der Waals surface area (Å²) in [6.07, 6.45) is 1.82. The molecule has 0 aliphatic carbocycles. The molecule has 0 aromatic heterocycles. The number of likely N-dealkylation sites (N-methyl/N-ethyl adjacent to an activating group) is 1. The van der Waals surface area contributed by atoms with Crippen LogP contribution in [0.1, 0.15) is 33.6 Å². The Morgan fingerprint density at radius 1 is 1.39 bits per heavy atom. The Kier molecular flexibility index (Phi) is 5.88. The van der Waals surface area contributed by atoms with E-state index in [1.807, 2.05) is 20.8 Å². The second-order valence-electron chi connectivity index (χ2n) is 5.98. The van der Waals surface area contributed by atoms with Gasteiger partial charge in [-0.2, -0.15) is 0 Å². The summed E-state index contributed by atoms with van der Waals surface area (Å²) < 4.78 is 5.15.